The molecule has 0 bridgehead atoms. The Bertz CT molecular complexity index is 707. The van der Waals surface area contributed by atoms with Gasteiger partial charge in [-0.05, 0) is 11.6 Å². The van der Waals surface area contributed by atoms with E-state index >= 15 is 0 Å². The summed E-state index contributed by atoms with van der Waals surface area (Å²) in [4.78, 5) is 8.75. The van der Waals surface area contributed by atoms with Crippen molar-refractivity contribution in [3.8, 4) is 0 Å². The molecule has 4 rings (SSSR count). The van der Waals surface area contributed by atoms with Crippen LogP contribution in [0.5, 0.6) is 0 Å². The highest BCUT2D eigenvalue weighted by molar-refractivity contribution is 7.22. The predicted molar refractivity (Wildman–Crippen MR) is 86.9 cm³/mol. The molecule has 1 fully saturated rings. The fourth-order valence-corrected chi connectivity index (χ4v) is 3.78. The normalized spacial score (nSPS) is 21.7. The maximum atomic E-state index is 4.62. The number of anilines is 1. The van der Waals surface area contributed by atoms with Crippen LogP contribution >= 0.6 is 11.3 Å². The van der Waals surface area contributed by atoms with Gasteiger partial charge < -0.3 is 10.6 Å². The van der Waals surface area contributed by atoms with Crippen LogP contribution in [0, 0.1) is 0 Å². The van der Waals surface area contributed by atoms with E-state index in [4.69, 9.17) is 0 Å². The minimum atomic E-state index is 0.376. The maximum Gasteiger partial charge on any atom is 0.184 e. The van der Waals surface area contributed by atoms with Gasteiger partial charge in [0.1, 0.15) is 5.52 Å². The fourth-order valence-electron chi connectivity index (χ4n) is 2.88. The number of rotatable bonds is 3. The number of pyridine rings is 1. The van der Waals surface area contributed by atoms with Crippen LogP contribution in [-0.2, 0) is 0 Å². The van der Waals surface area contributed by atoms with Gasteiger partial charge in [-0.25, -0.2) is 4.98 Å². The van der Waals surface area contributed by atoms with Crippen LogP contribution in [0.2, 0.25) is 0 Å². The summed E-state index contributed by atoms with van der Waals surface area (Å²) in [5, 5.41) is 8.05. The minimum Gasteiger partial charge on any atom is -0.357 e. The second-order valence-electron chi connectivity index (χ2n) is 5.29. The van der Waals surface area contributed by atoms with Crippen LogP contribution in [0.25, 0.3) is 10.2 Å². The zero-order valence-corrected chi connectivity index (χ0v) is 12.3. The lowest BCUT2D eigenvalue weighted by Gasteiger charge is -2.19. The van der Waals surface area contributed by atoms with Gasteiger partial charge >= 0.3 is 0 Å². The Hall–Kier alpha value is -1.98. The molecule has 0 aliphatic carbocycles. The van der Waals surface area contributed by atoms with Crippen molar-refractivity contribution in [1.29, 1.82) is 0 Å². The molecule has 0 radical (unpaired) electrons. The zero-order chi connectivity index (χ0) is 14.1. The molecule has 106 valence electrons. The van der Waals surface area contributed by atoms with E-state index in [0.717, 1.165) is 23.7 Å². The molecule has 0 amide bonds. The van der Waals surface area contributed by atoms with Gasteiger partial charge in [0.05, 0.1) is 10.9 Å². The molecular formula is C16H16N4S. The highest BCUT2D eigenvalue weighted by Gasteiger charge is 2.28. The molecule has 4 nitrogen and oxygen atoms in total. The summed E-state index contributed by atoms with van der Waals surface area (Å²) in [7, 11) is 0. The molecule has 2 atom stereocenters. The fraction of sp³-hybridized carbons (Fsp3) is 0.250. The largest absolute Gasteiger partial charge is 0.357 e. The number of nitrogens with one attached hydrogen (secondary N) is 2. The first-order chi connectivity index (χ1) is 10.4. The van der Waals surface area contributed by atoms with E-state index in [-0.39, 0.29) is 0 Å². The van der Waals surface area contributed by atoms with Crippen molar-refractivity contribution in [2.75, 3.05) is 18.4 Å². The third-order valence-electron chi connectivity index (χ3n) is 3.94. The summed E-state index contributed by atoms with van der Waals surface area (Å²) in [5.41, 5.74) is 2.34. The molecule has 3 aromatic rings. The van der Waals surface area contributed by atoms with Crippen LogP contribution in [0.15, 0.2) is 48.8 Å². The third kappa shape index (κ3) is 2.50. The van der Waals surface area contributed by atoms with E-state index in [2.05, 4.69) is 50.9 Å². The van der Waals surface area contributed by atoms with Crippen molar-refractivity contribution < 1.29 is 0 Å². The lowest BCUT2D eigenvalue weighted by Crippen LogP contribution is -2.26. The van der Waals surface area contributed by atoms with Gasteiger partial charge in [-0.3, -0.25) is 4.98 Å². The molecule has 1 aliphatic heterocycles. The maximum absolute atomic E-state index is 4.62. The van der Waals surface area contributed by atoms with Gasteiger partial charge in [0.2, 0.25) is 0 Å². The lowest BCUT2D eigenvalue weighted by atomic mass is 9.94. The first-order valence-corrected chi connectivity index (χ1v) is 7.94. The molecule has 2 aromatic heterocycles. The standard InChI is InChI=1S/C16H16N4S/c1-2-4-11(5-3-1)12-8-18-9-13(12)19-16-20-14-10-17-7-6-15(14)21-16/h1-7,10,12-13,18H,8-9H2,(H,19,20)/t12-,13+/m0/s1. The summed E-state index contributed by atoms with van der Waals surface area (Å²) < 4.78 is 1.18. The molecule has 3 heterocycles. The zero-order valence-electron chi connectivity index (χ0n) is 11.5. The molecular weight excluding hydrogens is 280 g/mol. The number of hydrogen-bond donors (Lipinski definition) is 2. The van der Waals surface area contributed by atoms with Crippen LogP contribution in [-0.4, -0.2) is 29.1 Å². The van der Waals surface area contributed by atoms with Crippen molar-refractivity contribution in [1.82, 2.24) is 15.3 Å². The second kappa shape index (κ2) is 5.42. The Kier molecular flexibility index (Phi) is 3.29. The van der Waals surface area contributed by atoms with Crippen molar-refractivity contribution in [2.24, 2.45) is 0 Å². The average Bonchev–Trinajstić information content (AvgIpc) is 3.14. The Labute approximate surface area is 127 Å². The summed E-state index contributed by atoms with van der Waals surface area (Å²) in [6.07, 6.45) is 3.63. The third-order valence-corrected chi connectivity index (χ3v) is 4.91. The molecule has 1 aliphatic rings. The number of hydrogen-bond acceptors (Lipinski definition) is 5. The molecule has 0 unspecified atom stereocenters. The molecule has 21 heavy (non-hydrogen) atoms. The van der Waals surface area contributed by atoms with E-state index in [1.807, 2.05) is 18.5 Å². The first-order valence-electron chi connectivity index (χ1n) is 7.13. The van der Waals surface area contributed by atoms with Crippen molar-refractivity contribution >= 4 is 26.7 Å². The van der Waals surface area contributed by atoms with Gasteiger partial charge in [-0.1, -0.05) is 41.7 Å². The molecule has 5 heteroatoms. The molecule has 0 saturated carbocycles. The SMILES string of the molecule is c1ccc([C@@H]2CNC[C@H]2Nc2nc3cnccc3s2)cc1. The molecule has 1 aromatic carbocycles. The summed E-state index contributed by atoms with van der Waals surface area (Å²) in [6, 6.07) is 13.1. The first kappa shape index (κ1) is 12.7. The monoisotopic (exact) mass is 296 g/mol. The van der Waals surface area contributed by atoms with E-state index in [0.29, 0.717) is 12.0 Å². The van der Waals surface area contributed by atoms with Crippen LogP contribution in [0.1, 0.15) is 11.5 Å². The minimum absolute atomic E-state index is 0.376. The highest BCUT2D eigenvalue weighted by atomic mass is 32.1. The summed E-state index contributed by atoms with van der Waals surface area (Å²) in [5.74, 6) is 0.483. The average molecular weight is 296 g/mol. The molecule has 1 saturated heterocycles. The number of aromatic nitrogens is 2. The van der Waals surface area contributed by atoms with Gasteiger partial charge in [0.15, 0.2) is 5.13 Å². The number of fused-ring (bicyclic) bond motifs is 1. The molecule has 0 spiro atoms. The Morgan fingerprint density at radius 1 is 1.14 bits per heavy atom. The molecule has 2 N–H and O–H groups in total. The van der Waals surface area contributed by atoms with E-state index in [9.17, 15) is 0 Å². The van der Waals surface area contributed by atoms with Gasteiger partial charge in [-0.2, -0.15) is 0 Å². The number of thiazole rings is 1. The Morgan fingerprint density at radius 2 is 2.05 bits per heavy atom. The van der Waals surface area contributed by atoms with Crippen molar-refractivity contribution in [2.45, 2.75) is 12.0 Å². The van der Waals surface area contributed by atoms with Crippen LogP contribution < -0.4 is 10.6 Å². The Balaban J connectivity index is 1.58. The van der Waals surface area contributed by atoms with E-state index < -0.39 is 0 Å². The quantitative estimate of drug-likeness (QED) is 0.780. The smallest absolute Gasteiger partial charge is 0.184 e. The second-order valence-corrected chi connectivity index (χ2v) is 6.32. The summed E-state index contributed by atoms with van der Waals surface area (Å²) >= 11 is 1.69. The van der Waals surface area contributed by atoms with Gasteiger partial charge in [0, 0.05) is 31.2 Å². The Morgan fingerprint density at radius 3 is 2.90 bits per heavy atom. The van der Waals surface area contributed by atoms with E-state index in [1.165, 1.54) is 10.3 Å². The van der Waals surface area contributed by atoms with Crippen molar-refractivity contribution in [3.05, 3.63) is 54.4 Å². The predicted octanol–water partition coefficient (Wildman–Crippen LogP) is 2.86. The summed E-state index contributed by atoms with van der Waals surface area (Å²) in [6.45, 7) is 1.97. The highest BCUT2D eigenvalue weighted by Crippen LogP contribution is 2.29. The number of benzene rings is 1. The topological polar surface area (TPSA) is 49.8 Å². The lowest BCUT2D eigenvalue weighted by molar-refractivity contribution is 0.692. The van der Waals surface area contributed by atoms with Gasteiger partial charge in [0.25, 0.3) is 0 Å². The van der Waals surface area contributed by atoms with E-state index in [1.54, 1.807) is 11.3 Å². The van der Waals surface area contributed by atoms with Gasteiger partial charge in [-0.15, -0.1) is 0 Å². The number of nitrogens with zero attached hydrogens (tertiary/aromatic N) is 2. The van der Waals surface area contributed by atoms with Crippen molar-refractivity contribution in [3.63, 3.8) is 0 Å². The van der Waals surface area contributed by atoms with Crippen LogP contribution in [0.4, 0.5) is 5.13 Å². The van der Waals surface area contributed by atoms with Crippen LogP contribution in [0.3, 0.4) is 0 Å².